The second kappa shape index (κ2) is 4.86. The van der Waals surface area contributed by atoms with Crippen LogP contribution in [-0.4, -0.2) is 33.4 Å². The summed E-state index contributed by atoms with van der Waals surface area (Å²) < 4.78 is 0. The van der Waals surface area contributed by atoms with Gasteiger partial charge in [0.05, 0.1) is 18.2 Å². The molecule has 2 amide bonds. The molecule has 1 N–H and O–H groups in total. The number of aliphatic hydroxyl groups excluding tert-OH is 1. The summed E-state index contributed by atoms with van der Waals surface area (Å²) in [6.07, 6.45) is 1.48. The number of hydrogen-bond acceptors (Lipinski definition) is 4. The summed E-state index contributed by atoms with van der Waals surface area (Å²) in [5.74, 6) is -0.880. The van der Waals surface area contributed by atoms with Crippen molar-refractivity contribution in [2.45, 2.75) is 6.04 Å². The number of rotatable bonds is 3. The van der Waals surface area contributed by atoms with Crippen LogP contribution in [-0.2, 0) is 0 Å². The van der Waals surface area contributed by atoms with E-state index in [1.54, 1.807) is 36.4 Å². The first-order chi connectivity index (χ1) is 9.74. The summed E-state index contributed by atoms with van der Waals surface area (Å²) in [5, 5.41) is 9.59. The quantitative estimate of drug-likeness (QED) is 0.854. The van der Waals surface area contributed by atoms with Gasteiger partial charge >= 0.3 is 0 Å². The minimum atomic E-state index is -0.689. The van der Waals surface area contributed by atoms with Crippen LogP contribution < -0.4 is 0 Å². The number of aromatic nitrogens is 1. The number of fused-ring (bicyclic) bond motifs is 1. The molecule has 1 aliphatic heterocycles. The van der Waals surface area contributed by atoms with Gasteiger partial charge in [-0.1, -0.05) is 30.3 Å². The second-order valence-corrected chi connectivity index (χ2v) is 4.49. The molecule has 1 aromatic heterocycles. The molecule has 1 aromatic carbocycles. The lowest BCUT2D eigenvalue weighted by molar-refractivity contribution is 0.0512. The molecule has 0 aliphatic carbocycles. The van der Waals surface area contributed by atoms with Crippen LogP contribution in [0.15, 0.2) is 48.7 Å². The van der Waals surface area contributed by atoms with Gasteiger partial charge in [-0.2, -0.15) is 0 Å². The Hall–Kier alpha value is -2.53. The monoisotopic (exact) mass is 268 g/mol. The summed E-state index contributed by atoms with van der Waals surface area (Å²) in [6.45, 7) is -0.324. The normalized spacial score (nSPS) is 15.3. The van der Waals surface area contributed by atoms with Crippen LogP contribution in [0, 0.1) is 0 Å². The van der Waals surface area contributed by atoms with Crippen LogP contribution in [0.3, 0.4) is 0 Å². The Morgan fingerprint density at radius 1 is 1.05 bits per heavy atom. The molecule has 1 atom stereocenters. The summed E-state index contributed by atoms with van der Waals surface area (Å²) in [4.78, 5) is 29.7. The third kappa shape index (κ3) is 1.80. The Morgan fingerprint density at radius 2 is 1.80 bits per heavy atom. The van der Waals surface area contributed by atoms with E-state index >= 15 is 0 Å². The lowest BCUT2D eigenvalue weighted by Gasteiger charge is -2.24. The van der Waals surface area contributed by atoms with E-state index in [1.807, 2.05) is 6.07 Å². The van der Waals surface area contributed by atoms with Crippen molar-refractivity contribution in [2.24, 2.45) is 0 Å². The highest BCUT2D eigenvalue weighted by Crippen LogP contribution is 2.29. The molecule has 0 spiro atoms. The van der Waals surface area contributed by atoms with Crippen molar-refractivity contribution >= 4 is 11.8 Å². The molecule has 0 saturated carbocycles. The van der Waals surface area contributed by atoms with E-state index in [2.05, 4.69) is 4.98 Å². The van der Waals surface area contributed by atoms with Crippen LogP contribution in [0.25, 0.3) is 0 Å². The smallest absolute Gasteiger partial charge is 0.280 e. The molecule has 0 radical (unpaired) electrons. The Balaban J connectivity index is 2.03. The fourth-order valence-electron chi connectivity index (χ4n) is 2.38. The molecular formula is C15H12N2O3. The highest BCUT2D eigenvalue weighted by atomic mass is 16.3. The van der Waals surface area contributed by atoms with Crippen LogP contribution in [0.5, 0.6) is 0 Å². The average Bonchev–Trinajstić information content (AvgIpc) is 2.75. The molecule has 3 rings (SSSR count). The van der Waals surface area contributed by atoms with Crippen LogP contribution in [0.2, 0.25) is 0 Å². The standard InChI is InChI=1S/C15H12N2O3/c18-9-12(10-5-2-1-3-6-10)17-14(19)11-7-4-8-16-13(11)15(17)20/h1-8,12,18H,9H2. The van der Waals surface area contributed by atoms with Gasteiger partial charge in [0.1, 0.15) is 5.69 Å². The van der Waals surface area contributed by atoms with Gasteiger partial charge in [-0.3, -0.25) is 19.5 Å². The lowest BCUT2D eigenvalue weighted by atomic mass is 10.1. The Morgan fingerprint density at radius 3 is 2.45 bits per heavy atom. The van der Waals surface area contributed by atoms with E-state index in [1.165, 1.54) is 6.20 Å². The molecule has 2 aromatic rings. The predicted molar refractivity (Wildman–Crippen MR) is 71.0 cm³/mol. The predicted octanol–water partition coefficient (Wildman–Crippen LogP) is 1.41. The van der Waals surface area contributed by atoms with Gasteiger partial charge in [0.25, 0.3) is 11.8 Å². The van der Waals surface area contributed by atoms with Crippen molar-refractivity contribution in [3.05, 3.63) is 65.5 Å². The van der Waals surface area contributed by atoms with Crippen molar-refractivity contribution in [1.82, 2.24) is 9.88 Å². The van der Waals surface area contributed by atoms with Gasteiger partial charge in [0.2, 0.25) is 0 Å². The number of aliphatic hydroxyl groups is 1. The number of benzene rings is 1. The topological polar surface area (TPSA) is 70.5 Å². The third-order valence-electron chi connectivity index (χ3n) is 3.35. The zero-order chi connectivity index (χ0) is 14.1. The van der Waals surface area contributed by atoms with E-state index in [0.29, 0.717) is 5.56 Å². The number of imide groups is 1. The Kier molecular flexibility index (Phi) is 3.04. The summed E-state index contributed by atoms with van der Waals surface area (Å²) >= 11 is 0. The molecular weight excluding hydrogens is 256 g/mol. The lowest BCUT2D eigenvalue weighted by Crippen LogP contribution is -2.36. The van der Waals surface area contributed by atoms with Gasteiger partial charge in [0, 0.05) is 6.20 Å². The minimum Gasteiger partial charge on any atom is -0.394 e. The fraction of sp³-hybridized carbons (Fsp3) is 0.133. The molecule has 0 saturated heterocycles. The summed E-state index contributed by atoms with van der Waals surface area (Å²) in [7, 11) is 0. The van der Waals surface area contributed by atoms with Gasteiger partial charge in [-0.15, -0.1) is 0 Å². The zero-order valence-corrected chi connectivity index (χ0v) is 10.6. The van der Waals surface area contributed by atoms with Crippen molar-refractivity contribution < 1.29 is 14.7 Å². The Labute approximate surface area is 115 Å². The number of hydrogen-bond donors (Lipinski definition) is 1. The number of carbonyl (C=O) groups is 2. The first kappa shape index (κ1) is 12.5. The molecule has 20 heavy (non-hydrogen) atoms. The maximum atomic E-state index is 12.3. The first-order valence-corrected chi connectivity index (χ1v) is 6.22. The first-order valence-electron chi connectivity index (χ1n) is 6.22. The summed E-state index contributed by atoms with van der Waals surface area (Å²) in [5.41, 5.74) is 1.14. The van der Waals surface area contributed by atoms with E-state index in [4.69, 9.17) is 0 Å². The number of nitrogens with zero attached hydrogens (tertiary/aromatic N) is 2. The fourth-order valence-corrected chi connectivity index (χ4v) is 2.38. The Bertz CT molecular complexity index is 635. The van der Waals surface area contributed by atoms with Crippen molar-refractivity contribution in [1.29, 1.82) is 0 Å². The largest absolute Gasteiger partial charge is 0.394 e. The van der Waals surface area contributed by atoms with Gasteiger partial charge in [-0.25, -0.2) is 0 Å². The van der Waals surface area contributed by atoms with Gasteiger partial charge < -0.3 is 5.11 Å². The second-order valence-electron chi connectivity index (χ2n) is 4.49. The van der Waals surface area contributed by atoms with E-state index in [9.17, 15) is 14.7 Å². The SMILES string of the molecule is O=C1c2cccnc2C(=O)N1C(CO)c1ccccc1. The van der Waals surface area contributed by atoms with Crippen LogP contribution >= 0.6 is 0 Å². The van der Waals surface area contributed by atoms with Crippen molar-refractivity contribution in [3.63, 3.8) is 0 Å². The average molecular weight is 268 g/mol. The molecule has 1 aliphatic rings. The van der Waals surface area contributed by atoms with E-state index in [-0.39, 0.29) is 17.9 Å². The highest BCUT2D eigenvalue weighted by molar-refractivity contribution is 6.20. The molecule has 0 fully saturated rings. The summed E-state index contributed by atoms with van der Waals surface area (Å²) in [6, 6.07) is 11.5. The zero-order valence-electron chi connectivity index (χ0n) is 10.6. The van der Waals surface area contributed by atoms with E-state index in [0.717, 1.165) is 4.90 Å². The maximum absolute atomic E-state index is 12.3. The molecule has 100 valence electrons. The molecule has 0 bridgehead atoms. The molecule has 2 heterocycles. The van der Waals surface area contributed by atoms with Crippen molar-refractivity contribution in [2.75, 3.05) is 6.61 Å². The van der Waals surface area contributed by atoms with E-state index < -0.39 is 17.9 Å². The van der Waals surface area contributed by atoms with Crippen LogP contribution in [0.1, 0.15) is 32.5 Å². The molecule has 5 nitrogen and oxygen atoms in total. The minimum absolute atomic E-state index is 0.145. The van der Waals surface area contributed by atoms with Crippen LogP contribution in [0.4, 0.5) is 0 Å². The van der Waals surface area contributed by atoms with Crippen molar-refractivity contribution in [3.8, 4) is 0 Å². The third-order valence-corrected chi connectivity index (χ3v) is 3.35. The van der Waals surface area contributed by atoms with Gasteiger partial charge in [0.15, 0.2) is 0 Å². The maximum Gasteiger partial charge on any atom is 0.280 e. The molecule has 5 heteroatoms. The van der Waals surface area contributed by atoms with Gasteiger partial charge in [-0.05, 0) is 17.7 Å². The molecule has 1 unspecified atom stereocenters. The highest BCUT2D eigenvalue weighted by Gasteiger charge is 2.41. The number of carbonyl (C=O) groups excluding carboxylic acids is 2. The number of pyridine rings is 1. The number of amides is 2.